The first-order valence-electron chi connectivity index (χ1n) is 12.7. The first-order chi connectivity index (χ1) is 18.6. The molecule has 0 unspecified atom stereocenters. The topological polar surface area (TPSA) is 109 Å². The van der Waals surface area contributed by atoms with Gasteiger partial charge < -0.3 is 10.4 Å². The van der Waals surface area contributed by atoms with Crippen molar-refractivity contribution in [2.75, 3.05) is 18.4 Å². The number of rotatable bonds is 8. The van der Waals surface area contributed by atoms with Crippen molar-refractivity contribution in [2.45, 2.75) is 31.2 Å². The van der Waals surface area contributed by atoms with Crippen molar-refractivity contribution >= 4 is 26.6 Å². The summed E-state index contributed by atoms with van der Waals surface area (Å²) in [6.07, 6.45) is 3.70. The van der Waals surface area contributed by atoms with Crippen molar-refractivity contribution in [3.05, 3.63) is 91.3 Å². The van der Waals surface area contributed by atoms with Gasteiger partial charge in [-0.2, -0.15) is 5.10 Å². The molecule has 9 heteroatoms. The Bertz CT molecular complexity index is 1730. The van der Waals surface area contributed by atoms with Crippen LogP contribution in [0.15, 0.2) is 96.2 Å². The summed E-state index contributed by atoms with van der Waals surface area (Å²) in [4.78, 5) is 4.67. The molecular weight excluding hydrogens is 510 g/mol. The van der Waals surface area contributed by atoms with Gasteiger partial charge in [-0.05, 0) is 62.1 Å². The van der Waals surface area contributed by atoms with Crippen LogP contribution in [0.4, 0.5) is 5.82 Å². The minimum atomic E-state index is -3.69. The highest BCUT2D eigenvalue weighted by molar-refractivity contribution is 7.89. The molecule has 5 rings (SSSR count). The fourth-order valence-electron chi connectivity index (χ4n) is 4.37. The standard InChI is InChI=1S/C30H31N5O3S/c1-30(2,3)35-20-26(29(34-35)23-10-6-11-24(36)18-23)22-14-15-31-28(19-22)32-16-17-33-39(37,38)27-13-7-9-21-8-4-5-12-25(21)27/h4-15,18-20,33,36H,16-17H2,1-3H3,(H,31,32). The van der Waals surface area contributed by atoms with E-state index in [1.807, 2.05) is 59.4 Å². The van der Waals surface area contributed by atoms with Gasteiger partial charge in [-0.25, -0.2) is 18.1 Å². The third kappa shape index (κ3) is 5.79. The van der Waals surface area contributed by atoms with E-state index in [1.165, 1.54) is 0 Å². The zero-order valence-corrected chi connectivity index (χ0v) is 22.9. The summed E-state index contributed by atoms with van der Waals surface area (Å²) in [6.45, 7) is 6.77. The molecule has 0 saturated carbocycles. The fourth-order valence-corrected chi connectivity index (χ4v) is 5.63. The first-order valence-corrected chi connectivity index (χ1v) is 14.2. The van der Waals surface area contributed by atoms with Crippen molar-refractivity contribution in [1.82, 2.24) is 19.5 Å². The predicted molar refractivity (Wildman–Crippen MR) is 155 cm³/mol. The van der Waals surface area contributed by atoms with E-state index in [-0.39, 0.29) is 22.7 Å². The van der Waals surface area contributed by atoms with Gasteiger partial charge >= 0.3 is 0 Å². The number of phenols is 1. The smallest absolute Gasteiger partial charge is 0.241 e. The number of hydrogen-bond donors (Lipinski definition) is 3. The van der Waals surface area contributed by atoms with Crippen LogP contribution in [-0.2, 0) is 15.6 Å². The summed E-state index contributed by atoms with van der Waals surface area (Å²) < 4.78 is 30.6. The molecule has 39 heavy (non-hydrogen) atoms. The molecule has 0 saturated heterocycles. The van der Waals surface area contributed by atoms with E-state index in [1.54, 1.807) is 36.5 Å². The third-order valence-corrected chi connectivity index (χ3v) is 7.87. The average molecular weight is 542 g/mol. The lowest BCUT2D eigenvalue weighted by Gasteiger charge is -2.18. The molecule has 0 bridgehead atoms. The van der Waals surface area contributed by atoms with Crippen LogP contribution in [0.1, 0.15) is 20.8 Å². The summed E-state index contributed by atoms with van der Waals surface area (Å²) in [5.74, 6) is 0.786. The molecule has 0 atom stereocenters. The number of pyridine rings is 1. The minimum Gasteiger partial charge on any atom is -0.508 e. The quantitative estimate of drug-likeness (QED) is 0.220. The second-order valence-electron chi connectivity index (χ2n) is 10.3. The Morgan fingerprint density at radius 1 is 0.897 bits per heavy atom. The minimum absolute atomic E-state index is 0.173. The van der Waals surface area contributed by atoms with Gasteiger partial charge in [0.1, 0.15) is 17.3 Å². The Morgan fingerprint density at radius 3 is 2.46 bits per heavy atom. The van der Waals surface area contributed by atoms with E-state index in [9.17, 15) is 13.5 Å². The molecule has 0 spiro atoms. The number of aromatic nitrogens is 3. The molecular formula is C30H31N5O3S. The van der Waals surface area contributed by atoms with Gasteiger partial charge in [-0.1, -0.05) is 48.5 Å². The summed E-state index contributed by atoms with van der Waals surface area (Å²) in [7, 11) is -3.69. The van der Waals surface area contributed by atoms with Gasteiger partial charge in [-0.3, -0.25) is 4.68 Å². The summed E-state index contributed by atoms with van der Waals surface area (Å²) in [6, 6.07) is 23.5. The van der Waals surface area contributed by atoms with Crippen LogP contribution in [0.3, 0.4) is 0 Å². The maximum atomic E-state index is 13.0. The van der Waals surface area contributed by atoms with E-state index in [0.29, 0.717) is 17.7 Å². The molecule has 0 fully saturated rings. The Labute approximate surface area is 228 Å². The average Bonchev–Trinajstić information content (AvgIpc) is 3.38. The second kappa shape index (κ2) is 10.5. The number of phenolic OH excluding ortho intramolecular Hbond substituents is 1. The van der Waals surface area contributed by atoms with Gasteiger partial charge in [0.05, 0.1) is 10.4 Å². The van der Waals surface area contributed by atoms with Crippen LogP contribution in [0.5, 0.6) is 5.75 Å². The fraction of sp³-hybridized carbons (Fsp3) is 0.200. The Balaban J connectivity index is 1.33. The number of nitrogens with zero attached hydrogens (tertiary/aromatic N) is 3. The molecule has 2 heterocycles. The summed E-state index contributed by atoms with van der Waals surface area (Å²) >= 11 is 0. The van der Waals surface area contributed by atoms with Crippen molar-refractivity contribution in [3.63, 3.8) is 0 Å². The van der Waals surface area contributed by atoms with E-state index in [0.717, 1.165) is 27.8 Å². The molecule has 3 N–H and O–H groups in total. The summed E-state index contributed by atoms with van der Waals surface area (Å²) in [5.41, 5.74) is 3.12. The molecule has 0 aliphatic rings. The molecule has 5 aromatic rings. The van der Waals surface area contributed by atoms with E-state index in [4.69, 9.17) is 5.10 Å². The molecule has 2 aromatic heterocycles. The van der Waals surface area contributed by atoms with E-state index < -0.39 is 10.0 Å². The monoisotopic (exact) mass is 541 g/mol. The maximum absolute atomic E-state index is 13.0. The van der Waals surface area contributed by atoms with Gasteiger partial charge in [0.15, 0.2) is 0 Å². The number of benzene rings is 3. The number of nitrogens with one attached hydrogen (secondary N) is 2. The second-order valence-corrected chi connectivity index (χ2v) is 12.0. The van der Waals surface area contributed by atoms with Gasteiger partial charge in [-0.15, -0.1) is 0 Å². The van der Waals surface area contributed by atoms with Gasteiger partial charge in [0, 0.05) is 42.0 Å². The van der Waals surface area contributed by atoms with Crippen LogP contribution < -0.4 is 10.0 Å². The van der Waals surface area contributed by atoms with Crippen LogP contribution in [0, 0.1) is 0 Å². The molecule has 0 amide bonds. The zero-order chi connectivity index (χ0) is 27.6. The molecule has 3 aromatic carbocycles. The molecule has 0 aliphatic carbocycles. The van der Waals surface area contributed by atoms with Gasteiger partial charge in [0.25, 0.3) is 0 Å². The lowest BCUT2D eigenvalue weighted by Crippen LogP contribution is -2.29. The highest BCUT2D eigenvalue weighted by Crippen LogP contribution is 2.34. The van der Waals surface area contributed by atoms with Crippen LogP contribution in [0.2, 0.25) is 0 Å². The number of anilines is 1. The molecule has 8 nitrogen and oxygen atoms in total. The number of sulfonamides is 1. The SMILES string of the molecule is CC(C)(C)n1cc(-c2ccnc(NCCNS(=O)(=O)c3cccc4ccccc34)c2)c(-c2cccc(O)c2)n1. The highest BCUT2D eigenvalue weighted by atomic mass is 32.2. The van der Waals surface area contributed by atoms with Crippen molar-refractivity contribution in [2.24, 2.45) is 0 Å². The van der Waals surface area contributed by atoms with Crippen molar-refractivity contribution in [3.8, 4) is 28.1 Å². The van der Waals surface area contributed by atoms with Crippen LogP contribution in [0.25, 0.3) is 33.2 Å². The Morgan fingerprint density at radius 2 is 1.67 bits per heavy atom. The lowest BCUT2D eigenvalue weighted by atomic mass is 10.0. The van der Waals surface area contributed by atoms with Crippen molar-refractivity contribution < 1.29 is 13.5 Å². The zero-order valence-electron chi connectivity index (χ0n) is 22.1. The molecule has 0 radical (unpaired) electrons. The number of hydrogen-bond acceptors (Lipinski definition) is 6. The van der Waals surface area contributed by atoms with Crippen LogP contribution in [-0.4, -0.2) is 41.4 Å². The van der Waals surface area contributed by atoms with E-state index >= 15 is 0 Å². The van der Waals surface area contributed by atoms with E-state index in [2.05, 4.69) is 35.8 Å². The van der Waals surface area contributed by atoms with Gasteiger partial charge in [0.2, 0.25) is 10.0 Å². The molecule has 0 aliphatic heterocycles. The first kappa shape index (κ1) is 26.4. The summed E-state index contributed by atoms with van der Waals surface area (Å²) in [5, 5.41) is 19.7. The number of aromatic hydroxyl groups is 1. The lowest BCUT2D eigenvalue weighted by molar-refractivity contribution is 0.356. The number of fused-ring (bicyclic) bond motifs is 1. The molecule has 200 valence electrons. The Kier molecular flexibility index (Phi) is 7.12. The predicted octanol–water partition coefficient (Wildman–Crippen LogP) is 5.62. The Hall–Kier alpha value is -4.21. The highest BCUT2D eigenvalue weighted by Gasteiger charge is 2.21. The van der Waals surface area contributed by atoms with Crippen molar-refractivity contribution in [1.29, 1.82) is 0 Å². The maximum Gasteiger partial charge on any atom is 0.241 e. The normalized spacial score (nSPS) is 12.1. The third-order valence-electron chi connectivity index (χ3n) is 6.35. The van der Waals surface area contributed by atoms with Crippen LogP contribution >= 0.6 is 0 Å². The largest absolute Gasteiger partial charge is 0.508 e.